The van der Waals surface area contributed by atoms with Crippen LogP contribution in [0, 0.1) is 5.41 Å². The lowest BCUT2D eigenvalue weighted by atomic mass is 9.71. The van der Waals surface area contributed by atoms with Crippen molar-refractivity contribution in [2.24, 2.45) is 10.4 Å². The molecule has 3 rings (SSSR count). The summed E-state index contributed by atoms with van der Waals surface area (Å²) in [6.45, 7) is 15.9. The molecule has 0 radical (unpaired) electrons. The Kier molecular flexibility index (Phi) is 3.77. The van der Waals surface area contributed by atoms with Gasteiger partial charge in [-0.1, -0.05) is 39.0 Å². The number of nitrogens with zero attached hydrogens (tertiary/aromatic N) is 1. The molecule has 0 unspecified atom stereocenters. The molecule has 1 fully saturated rings. The lowest BCUT2D eigenvalue weighted by molar-refractivity contribution is 0.00578. The van der Waals surface area contributed by atoms with E-state index in [0.29, 0.717) is 0 Å². The third-order valence-electron chi connectivity index (χ3n) is 5.32. The molecule has 0 amide bonds. The molecule has 0 aromatic heterocycles. The molecule has 0 atom stereocenters. The molecule has 0 aliphatic carbocycles. The second-order valence-electron chi connectivity index (χ2n) is 8.69. The molecule has 0 bridgehead atoms. The molecule has 2 heterocycles. The van der Waals surface area contributed by atoms with Crippen LogP contribution < -0.4 is 5.46 Å². The maximum absolute atomic E-state index is 6.27. The van der Waals surface area contributed by atoms with Crippen LogP contribution in [0.2, 0.25) is 0 Å². The lowest BCUT2D eigenvalue weighted by Gasteiger charge is -2.32. The first kappa shape index (κ1) is 16.7. The molecule has 1 aromatic carbocycles. The van der Waals surface area contributed by atoms with Crippen LogP contribution >= 0.6 is 0 Å². The van der Waals surface area contributed by atoms with Gasteiger partial charge in [0, 0.05) is 17.7 Å². The van der Waals surface area contributed by atoms with Gasteiger partial charge < -0.3 is 9.31 Å². The van der Waals surface area contributed by atoms with Crippen molar-refractivity contribution in [1.82, 2.24) is 0 Å². The van der Waals surface area contributed by atoms with Crippen LogP contribution in [0.3, 0.4) is 0 Å². The predicted octanol–water partition coefficient (Wildman–Crippen LogP) is 3.38. The lowest BCUT2D eigenvalue weighted by Crippen LogP contribution is -2.41. The Morgan fingerprint density at radius 1 is 1.04 bits per heavy atom. The molecule has 4 heteroatoms. The summed E-state index contributed by atoms with van der Waals surface area (Å²) >= 11 is 0. The zero-order valence-electron chi connectivity index (χ0n) is 15.5. The van der Waals surface area contributed by atoms with E-state index in [0.717, 1.165) is 18.4 Å². The van der Waals surface area contributed by atoms with Gasteiger partial charge in [-0.25, -0.2) is 0 Å². The molecule has 1 saturated heterocycles. The summed E-state index contributed by atoms with van der Waals surface area (Å²) < 4.78 is 12.5. The van der Waals surface area contributed by atoms with Gasteiger partial charge in [0.05, 0.1) is 11.2 Å². The molecule has 124 valence electrons. The van der Waals surface area contributed by atoms with Crippen LogP contribution in [-0.2, 0) is 15.7 Å². The van der Waals surface area contributed by atoms with Crippen LogP contribution in [0.25, 0.3) is 0 Å². The van der Waals surface area contributed by atoms with Gasteiger partial charge in [0.2, 0.25) is 0 Å². The summed E-state index contributed by atoms with van der Waals surface area (Å²) in [4.78, 5) is 4.80. The normalized spacial score (nSPS) is 22.7. The maximum Gasteiger partial charge on any atom is 0.495 e. The molecule has 0 saturated carbocycles. The van der Waals surface area contributed by atoms with E-state index in [4.69, 9.17) is 14.3 Å². The topological polar surface area (TPSA) is 30.8 Å². The van der Waals surface area contributed by atoms with Crippen LogP contribution in [0.4, 0.5) is 0 Å². The minimum atomic E-state index is -0.310. The van der Waals surface area contributed by atoms with Gasteiger partial charge in [-0.05, 0) is 50.7 Å². The van der Waals surface area contributed by atoms with Gasteiger partial charge in [-0.2, -0.15) is 0 Å². The summed E-state index contributed by atoms with van der Waals surface area (Å²) in [5.74, 6) is 0. The Morgan fingerprint density at radius 3 is 2.22 bits per heavy atom. The van der Waals surface area contributed by atoms with Gasteiger partial charge in [0.1, 0.15) is 0 Å². The van der Waals surface area contributed by atoms with E-state index in [1.165, 1.54) is 16.8 Å². The second-order valence-corrected chi connectivity index (χ2v) is 8.69. The van der Waals surface area contributed by atoms with E-state index in [9.17, 15) is 0 Å². The maximum atomic E-state index is 6.27. The number of hydrogen-bond acceptors (Lipinski definition) is 3. The Morgan fingerprint density at radius 2 is 1.65 bits per heavy atom. The molecular formula is C19H28BNO2. The van der Waals surface area contributed by atoms with Crippen LogP contribution in [0.1, 0.15) is 59.6 Å². The van der Waals surface area contributed by atoms with Gasteiger partial charge >= 0.3 is 7.12 Å². The summed E-state index contributed by atoms with van der Waals surface area (Å²) in [6.07, 6.45) is 0.954. The number of hydrogen-bond donors (Lipinski definition) is 0. The molecule has 0 spiro atoms. The van der Waals surface area contributed by atoms with E-state index in [-0.39, 0.29) is 23.7 Å². The fraction of sp³-hybridized carbons (Fsp3) is 0.632. The highest BCUT2D eigenvalue weighted by Gasteiger charge is 2.52. The van der Waals surface area contributed by atoms with Crippen LogP contribution in [-0.4, -0.2) is 30.6 Å². The van der Waals surface area contributed by atoms with Crippen molar-refractivity contribution in [3.8, 4) is 0 Å². The molecular weight excluding hydrogens is 285 g/mol. The molecule has 3 nitrogen and oxygen atoms in total. The van der Waals surface area contributed by atoms with Gasteiger partial charge in [0.15, 0.2) is 0 Å². The van der Waals surface area contributed by atoms with Crippen molar-refractivity contribution in [3.63, 3.8) is 0 Å². The van der Waals surface area contributed by atoms with Gasteiger partial charge in [-0.15, -0.1) is 0 Å². The highest BCUT2D eigenvalue weighted by molar-refractivity contribution is 6.62. The smallest absolute Gasteiger partial charge is 0.399 e. The fourth-order valence-electron chi connectivity index (χ4n) is 3.30. The zero-order valence-corrected chi connectivity index (χ0v) is 15.5. The minimum absolute atomic E-state index is 0.0454. The standard InChI is InChI=1S/C19H28BNO2/c1-17(2,3)16-14-9-8-10-15(13(14)11-12-21-16)20-22-18(4,5)19(6,7)23-20/h8-10H,11-12H2,1-7H3. The number of aliphatic imine (C=N–C) groups is 1. The zero-order chi connectivity index (χ0) is 17.0. The van der Waals surface area contributed by atoms with Crippen molar-refractivity contribution >= 4 is 18.3 Å². The van der Waals surface area contributed by atoms with Crippen LogP contribution in [0.5, 0.6) is 0 Å². The van der Waals surface area contributed by atoms with Crippen molar-refractivity contribution < 1.29 is 9.31 Å². The van der Waals surface area contributed by atoms with E-state index >= 15 is 0 Å². The molecule has 2 aliphatic rings. The summed E-state index contributed by atoms with van der Waals surface area (Å²) in [6, 6.07) is 6.44. The highest BCUT2D eigenvalue weighted by atomic mass is 16.7. The number of fused-ring (bicyclic) bond motifs is 1. The quantitative estimate of drug-likeness (QED) is 0.744. The van der Waals surface area contributed by atoms with Crippen molar-refractivity contribution in [1.29, 1.82) is 0 Å². The minimum Gasteiger partial charge on any atom is -0.399 e. The van der Waals surface area contributed by atoms with Crippen molar-refractivity contribution in [2.75, 3.05) is 6.54 Å². The number of rotatable bonds is 1. The Labute approximate surface area is 140 Å². The Bertz CT molecular complexity index is 640. The molecule has 2 aliphatic heterocycles. The summed E-state index contributed by atoms with van der Waals surface area (Å²) in [7, 11) is -0.297. The monoisotopic (exact) mass is 313 g/mol. The third-order valence-corrected chi connectivity index (χ3v) is 5.32. The van der Waals surface area contributed by atoms with Crippen molar-refractivity contribution in [3.05, 3.63) is 29.3 Å². The molecule has 23 heavy (non-hydrogen) atoms. The highest BCUT2D eigenvalue weighted by Crippen LogP contribution is 2.37. The Hall–Kier alpha value is -1.13. The van der Waals surface area contributed by atoms with E-state index in [1.807, 2.05) is 0 Å². The first-order valence-corrected chi connectivity index (χ1v) is 8.56. The van der Waals surface area contributed by atoms with E-state index in [2.05, 4.69) is 66.7 Å². The third kappa shape index (κ3) is 2.76. The van der Waals surface area contributed by atoms with Gasteiger partial charge in [0.25, 0.3) is 0 Å². The fourth-order valence-corrected chi connectivity index (χ4v) is 3.30. The van der Waals surface area contributed by atoms with Crippen molar-refractivity contribution in [2.45, 2.75) is 66.1 Å². The SMILES string of the molecule is CC(C)(C)C1=NCCc2c(B3OC(C)(C)C(C)(C)O3)cccc21. The predicted molar refractivity (Wildman–Crippen MR) is 96.7 cm³/mol. The average Bonchev–Trinajstić information content (AvgIpc) is 2.65. The first-order chi connectivity index (χ1) is 10.5. The molecule has 1 aromatic rings. The second kappa shape index (κ2) is 5.19. The van der Waals surface area contributed by atoms with Gasteiger partial charge in [-0.3, -0.25) is 4.99 Å². The average molecular weight is 313 g/mol. The largest absolute Gasteiger partial charge is 0.495 e. The van der Waals surface area contributed by atoms with Crippen LogP contribution in [0.15, 0.2) is 23.2 Å². The summed E-state index contributed by atoms with van der Waals surface area (Å²) in [5, 5.41) is 0. The molecule has 0 N–H and O–H groups in total. The van der Waals surface area contributed by atoms with E-state index < -0.39 is 0 Å². The first-order valence-electron chi connectivity index (χ1n) is 8.56. The summed E-state index contributed by atoms with van der Waals surface area (Å²) in [5.41, 5.74) is 4.38. The number of benzene rings is 1. The Balaban J connectivity index is 2.04. The van der Waals surface area contributed by atoms with E-state index in [1.54, 1.807) is 0 Å².